The fourth-order valence-corrected chi connectivity index (χ4v) is 1.96. The molecule has 0 aliphatic rings. The number of rotatable bonds is 7. The van der Waals surface area contributed by atoms with Crippen molar-refractivity contribution in [1.29, 1.82) is 0 Å². The van der Waals surface area contributed by atoms with Crippen molar-refractivity contribution in [3.63, 3.8) is 0 Å². The molecular weight excluding hydrogens is 288 g/mol. The summed E-state index contributed by atoms with van der Waals surface area (Å²) in [5.41, 5.74) is 0.531. The molecule has 1 unspecified atom stereocenters. The normalized spacial score (nSPS) is 12.7. The Morgan fingerprint density at radius 1 is 1.65 bits per heavy atom. The molecule has 1 atom stereocenters. The Kier molecular flexibility index (Phi) is 5.80. The highest BCUT2D eigenvalue weighted by molar-refractivity contribution is 9.10. The van der Waals surface area contributed by atoms with E-state index in [4.69, 9.17) is 9.47 Å². The van der Waals surface area contributed by atoms with Crippen LogP contribution in [0.4, 0.5) is 0 Å². The molecule has 0 spiro atoms. The minimum atomic E-state index is -0.464. The standard InChI is InChI=1S/C11H17BrN2O3/c1-4-17-8(2)11(15)10-9(12)7-13-14(10)5-6-16-3/h7-8H,4-6H2,1-3H3. The summed E-state index contributed by atoms with van der Waals surface area (Å²) in [6.45, 7) is 5.17. The Balaban J connectivity index is 2.87. The molecule has 0 fully saturated rings. The highest BCUT2D eigenvalue weighted by Gasteiger charge is 2.22. The largest absolute Gasteiger partial charge is 0.383 e. The van der Waals surface area contributed by atoms with Gasteiger partial charge in [0.1, 0.15) is 11.8 Å². The summed E-state index contributed by atoms with van der Waals surface area (Å²) in [5.74, 6) is -0.0765. The van der Waals surface area contributed by atoms with Gasteiger partial charge in [0.15, 0.2) is 0 Å². The van der Waals surface area contributed by atoms with E-state index in [1.807, 2.05) is 6.92 Å². The molecule has 1 aromatic heterocycles. The van der Waals surface area contributed by atoms with E-state index in [0.29, 0.717) is 29.9 Å². The van der Waals surface area contributed by atoms with Gasteiger partial charge in [0.25, 0.3) is 0 Å². The highest BCUT2D eigenvalue weighted by Crippen LogP contribution is 2.18. The first kappa shape index (κ1) is 14.3. The summed E-state index contributed by atoms with van der Waals surface area (Å²) in [6.07, 6.45) is 1.15. The molecule has 0 radical (unpaired) electrons. The summed E-state index contributed by atoms with van der Waals surface area (Å²) in [4.78, 5) is 12.1. The molecule has 5 nitrogen and oxygen atoms in total. The lowest BCUT2D eigenvalue weighted by atomic mass is 10.2. The molecule has 1 rings (SSSR count). The van der Waals surface area contributed by atoms with Crippen LogP contribution < -0.4 is 0 Å². The van der Waals surface area contributed by atoms with E-state index in [1.54, 1.807) is 24.9 Å². The van der Waals surface area contributed by atoms with Crippen LogP contribution in [0.3, 0.4) is 0 Å². The SMILES string of the molecule is CCOC(C)C(=O)c1c(Br)cnn1CCOC. The van der Waals surface area contributed by atoms with Gasteiger partial charge in [-0.15, -0.1) is 0 Å². The number of carbonyl (C=O) groups excluding carboxylic acids is 1. The van der Waals surface area contributed by atoms with Gasteiger partial charge in [0.2, 0.25) is 5.78 Å². The smallest absolute Gasteiger partial charge is 0.210 e. The quantitative estimate of drug-likeness (QED) is 0.722. The van der Waals surface area contributed by atoms with Crippen LogP contribution in [0, 0.1) is 0 Å². The van der Waals surface area contributed by atoms with Crippen molar-refractivity contribution >= 4 is 21.7 Å². The van der Waals surface area contributed by atoms with Crippen molar-refractivity contribution in [1.82, 2.24) is 9.78 Å². The number of hydrogen-bond donors (Lipinski definition) is 0. The number of nitrogens with zero attached hydrogens (tertiary/aromatic N) is 2. The van der Waals surface area contributed by atoms with Gasteiger partial charge in [-0.3, -0.25) is 9.48 Å². The van der Waals surface area contributed by atoms with Crippen LogP contribution >= 0.6 is 15.9 Å². The minimum absolute atomic E-state index is 0.0765. The first-order valence-electron chi connectivity index (χ1n) is 5.47. The predicted octanol–water partition coefficient (Wildman–Crippen LogP) is 1.90. The van der Waals surface area contributed by atoms with Crippen LogP contribution in [0.25, 0.3) is 0 Å². The van der Waals surface area contributed by atoms with Crippen LogP contribution in [-0.2, 0) is 16.0 Å². The van der Waals surface area contributed by atoms with Gasteiger partial charge in [-0.1, -0.05) is 0 Å². The number of Topliss-reactive ketones (excluding diaryl/α,β-unsaturated/α-hetero) is 1. The van der Waals surface area contributed by atoms with E-state index in [-0.39, 0.29) is 5.78 Å². The Morgan fingerprint density at radius 2 is 2.35 bits per heavy atom. The molecule has 0 aromatic carbocycles. The van der Waals surface area contributed by atoms with Crippen molar-refractivity contribution in [2.45, 2.75) is 26.5 Å². The Morgan fingerprint density at radius 3 is 2.94 bits per heavy atom. The van der Waals surface area contributed by atoms with E-state index in [0.717, 1.165) is 0 Å². The summed E-state index contributed by atoms with van der Waals surface area (Å²) in [6, 6.07) is 0. The molecular formula is C11H17BrN2O3. The van der Waals surface area contributed by atoms with Crippen LogP contribution in [0.1, 0.15) is 24.3 Å². The summed E-state index contributed by atoms with van der Waals surface area (Å²) < 4.78 is 12.6. The van der Waals surface area contributed by atoms with Gasteiger partial charge in [0.05, 0.1) is 23.8 Å². The summed E-state index contributed by atoms with van der Waals surface area (Å²) in [7, 11) is 1.61. The molecule has 0 saturated carbocycles. The molecule has 96 valence electrons. The van der Waals surface area contributed by atoms with E-state index >= 15 is 0 Å². The fraction of sp³-hybridized carbons (Fsp3) is 0.636. The van der Waals surface area contributed by atoms with Crippen molar-refractivity contribution in [3.8, 4) is 0 Å². The second-order valence-corrected chi connectivity index (χ2v) is 4.37. The fourth-order valence-electron chi connectivity index (χ4n) is 1.47. The van der Waals surface area contributed by atoms with Crippen molar-refractivity contribution in [3.05, 3.63) is 16.4 Å². The zero-order chi connectivity index (χ0) is 12.8. The number of ether oxygens (including phenoxy) is 2. The molecule has 0 aliphatic carbocycles. The molecule has 0 saturated heterocycles. The van der Waals surface area contributed by atoms with Crippen molar-refractivity contribution in [2.75, 3.05) is 20.3 Å². The summed E-state index contributed by atoms with van der Waals surface area (Å²) >= 11 is 3.33. The lowest BCUT2D eigenvalue weighted by Gasteiger charge is -2.12. The van der Waals surface area contributed by atoms with E-state index in [2.05, 4.69) is 21.0 Å². The van der Waals surface area contributed by atoms with Crippen LogP contribution in [-0.4, -0.2) is 42.0 Å². The van der Waals surface area contributed by atoms with E-state index in [9.17, 15) is 4.79 Å². The first-order chi connectivity index (χ1) is 8.11. The maximum Gasteiger partial charge on any atom is 0.210 e. The van der Waals surface area contributed by atoms with Crippen LogP contribution in [0.5, 0.6) is 0 Å². The molecule has 6 heteroatoms. The molecule has 1 heterocycles. The molecule has 0 bridgehead atoms. The molecule has 0 N–H and O–H groups in total. The number of aromatic nitrogens is 2. The monoisotopic (exact) mass is 304 g/mol. The summed E-state index contributed by atoms with van der Waals surface area (Å²) in [5, 5.41) is 4.13. The average Bonchev–Trinajstić information content (AvgIpc) is 2.67. The molecule has 0 aliphatic heterocycles. The molecule has 0 amide bonds. The lowest BCUT2D eigenvalue weighted by Crippen LogP contribution is -2.25. The minimum Gasteiger partial charge on any atom is -0.383 e. The molecule has 17 heavy (non-hydrogen) atoms. The third-order valence-electron chi connectivity index (χ3n) is 2.32. The maximum absolute atomic E-state index is 12.1. The molecule has 1 aromatic rings. The highest BCUT2D eigenvalue weighted by atomic mass is 79.9. The van der Waals surface area contributed by atoms with E-state index in [1.165, 1.54) is 0 Å². The zero-order valence-electron chi connectivity index (χ0n) is 10.3. The first-order valence-corrected chi connectivity index (χ1v) is 6.27. The zero-order valence-corrected chi connectivity index (χ0v) is 11.9. The van der Waals surface area contributed by atoms with Gasteiger partial charge in [-0.05, 0) is 29.8 Å². The second kappa shape index (κ2) is 6.88. The van der Waals surface area contributed by atoms with Gasteiger partial charge in [-0.2, -0.15) is 5.10 Å². The number of carbonyl (C=O) groups is 1. The third-order valence-corrected chi connectivity index (χ3v) is 2.90. The maximum atomic E-state index is 12.1. The topological polar surface area (TPSA) is 53.3 Å². The number of halogens is 1. The van der Waals surface area contributed by atoms with Crippen LogP contribution in [0.15, 0.2) is 10.7 Å². The predicted molar refractivity (Wildman–Crippen MR) is 67.2 cm³/mol. The van der Waals surface area contributed by atoms with E-state index < -0.39 is 6.10 Å². The van der Waals surface area contributed by atoms with Gasteiger partial charge >= 0.3 is 0 Å². The number of methoxy groups -OCH3 is 1. The Hall–Kier alpha value is -0.720. The third kappa shape index (κ3) is 3.62. The second-order valence-electron chi connectivity index (χ2n) is 3.52. The average molecular weight is 305 g/mol. The van der Waals surface area contributed by atoms with Crippen molar-refractivity contribution < 1.29 is 14.3 Å². The Labute approximate surface area is 109 Å². The van der Waals surface area contributed by atoms with Crippen molar-refractivity contribution in [2.24, 2.45) is 0 Å². The Bertz CT molecular complexity index is 379. The number of hydrogen-bond acceptors (Lipinski definition) is 4. The lowest BCUT2D eigenvalue weighted by molar-refractivity contribution is 0.0507. The van der Waals surface area contributed by atoms with Gasteiger partial charge in [0, 0.05) is 13.7 Å². The van der Waals surface area contributed by atoms with Gasteiger partial charge < -0.3 is 9.47 Å². The van der Waals surface area contributed by atoms with Crippen LogP contribution in [0.2, 0.25) is 0 Å². The number of ketones is 1. The van der Waals surface area contributed by atoms with Gasteiger partial charge in [-0.25, -0.2) is 0 Å².